The Morgan fingerprint density at radius 1 is 1.13 bits per heavy atom. The van der Waals surface area contributed by atoms with E-state index in [1.165, 1.54) is 33.3 Å². The molecule has 6 heteroatoms. The minimum absolute atomic E-state index is 0.263. The van der Waals surface area contributed by atoms with Gasteiger partial charge in [0.2, 0.25) is 5.91 Å². The number of para-hydroxylation sites is 1. The molecule has 6 nitrogen and oxygen atoms in total. The van der Waals surface area contributed by atoms with Crippen molar-refractivity contribution < 1.29 is 4.79 Å². The second-order valence-corrected chi connectivity index (χ2v) is 8.12. The van der Waals surface area contributed by atoms with E-state index >= 15 is 0 Å². The monoisotopic (exact) mass is 417 g/mol. The van der Waals surface area contributed by atoms with Crippen molar-refractivity contribution in [3.63, 3.8) is 0 Å². The van der Waals surface area contributed by atoms with Crippen LogP contribution in [0.2, 0.25) is 0 Å². The molecular formula is C25H31N5O. The van der Waals surface area contributed by atoms with Crippen LogP contribution in [0.5, 0.6) is 0 Å². The molecule has 1 aromatic heterocycles. The Bertz CT molecular complexity index is 1080. The zero-order chi connectivity index (χ0) is 21.6. The Balaban J connectivity index is 1.29. The van der Waals surface area contributed by atoms with Crippen LogP contribution in [0, 0.1) is 6.92 Å². The number of benzene rings is 2. The van der Waals surface area contributed by atoms with Gasteiger partial charge in [-0.2, -0.15) is 0 Å². The van der Waals surface area contributed by atoms with Gasteiger partial charge in [-0.15, -0.1) is 0 Å². The molecule has 31 heavy (non-hydrogen) atoms. The maximum absolute atomic E-state index is 11.9. The van der Waals surface area contributed by atoms with E-state index in [9.17, 15) is 4.79 Å². The predicted octanol–water partition coefficient (Wildman–Crippen LogP) is 3.51. The molecular weight excluding hydrogens is 386 g/mol. The fraction of sp³-hybridized carbons (Fsp3) is 0.360. The molecule has 0 unspecified atom stereocenters. The number of H-pyrrole nitrogens is 1. The number of fused-ring (bicyclic) bond motifs is 1. The number of guanidine groups is 1. The lowest BCUT2D eigenvalue weighted by atomic mass is 10.1. The SMILES string of the molecule is CN=C(NCCc1c(C)[nH]c2ccccc12)NCc1cccc(CN2CCCC2=O)c1. The Labute approximate surface area is 183 Å². The Kier molecular flexibility index (Phi) is 6.55. The molecule has 1 amide bonds. The highest BCUT2D eigenvalue weighted by molar-refractivity contribution is 5.85. The van der Waals surface area contributed by atoms with Gasteiger partial charge in [0, 0.05) is 56.2 Å². The molecule has 0 spiro atoms. The van der Waals surface area contributed by atoms with E-state index in [1.807, 2.05) is 4.90 Å². The molecule has 0 atom stereocenters. The summed E-state index contributed by atoms with van der Waals surface area (Å²) in [7, 11) is 1.79. The number of hydrogen-bond donors (Lipinski definition) is 3. The lowest BCUT2D eigenvalue weighted by molar-refractivity contribution is -0.128. The van der Waals surface area contributed by atoms with Crippen LogP contribution < -0.4 is 10.6 Å². The van der Waals surface area contributed by atoms with Crippen molar-refractivity contribution in [3.8, 4) is 0 Å². The number of amides is 1. The molecule has 1 aliphatic rings. The zero-order valence-corrected chi connectivity index (χ0v) is 18.4. The molecule has 2 heterocycles. The number of carbonyl (C=O) groups is 1. The molecule has 0 saturated carbocycles. The largest absolute Gasteiger partial charge is 0.358 e. The van der Waals surface area contributed by atoms with Gasteiger partial charge in [-0.25, -0.2) is 0 Å². The molecule has 3 aromatic rings. The topological polar surface area (TPSA) is 72.5 Å². The summed E-state index contributed by atoms with van der Waals surface area (Å²) >= 11 is 0. The molecule has 3 N–H and O–H groups in total. The van der Waals surface area contributed by atoms with E-state index in [2.05, 4.69) is 76.1 Å². The van der Waals surface area contributed by atoms with Gasteiger partial charge in [0.15, 0.2) is 5.96 Å². The van der Waals surface area contributed by atoms with Gasteiger partial charge in [0.05, 0.1) is 0 Å². The number of aryl methyl sites for hydroxylation is 1. The highest BCUT2D eigenvalue weighted by atomic mass is 16.2. The van der Waals surface area contributed by atoms with Crippen LogP contribution in [0.15, 0.2) is 53.5 Å². The van der Waals surface area contributed by atoms with E-state index in [0.717, 1.165) is 31.9 Å². The second-order valence-electron chi connectivity index (χ2n) is 8.12. The average Bonchev–Trinajstić information content (AvgIpc) is 3.33. The molecule has 2 aromatic carbocycles. The van der Waals surface area contributed by atoms with Crippen LogP contribution in [0.25, 0.3) is 10.9 Å². The maximum Gasteiger partial charge on any atom is 0.222 e. The number of carbonyl (C=O) groups excluding carboxylic acids is 1. The minimum atomic E-state index is 0.263. The molecule has 4 rings (SSSR count). The van der Waals surface area contributed by atoms with Crippen LogP contribution in [-0.4, -0.2) is 41.9 Å². The third-order valence-electron chi connectivity index (χ3n) is 5.91. The van der Waals surface area contributed by atoms with E-state index < -0.39 is 0 Å². The van der Waals surface area contributed by atoms with E-state index in [4.69, 9.17) is 0 Å². The van der Waals surface area contributed by atoms with Crippen molar-refractivity contribution in [2.24, 2.45) is 4.99 Å². The summed E-state index contributed by atoms with van der Waals surface area (Å²) in [5.74, 6) is 1.05. The maximum atomic E-state index is 11.9. The first kappa shape index (κ1) is 21.0. The summed E-state index contributed by atoms with van der Waals surface area (Å²) in [5.41, 5.74) is 6.11. The van der Waals surface area contributed by atoms with Crippen LogP contribution in [0.1, 0.15) is 35.2 Å². The molecule has 0 aliphatic carbocycles. The first-order valence-corrected chi connectivity index (χ1v) is 11.0. The van der Waals surface area contributed by atoms with Gasteiger partial charge < -0.3 is 20.5 Å². The molecule has 0 bridgehead atoms. The van der Waals surface area contributed by atoms with E-state index in [0.29, 0.717) is 19.5 Å². The number of nitrogens with zero attached hydrogens (tertiary/aromatic N) is 2. The quantitative estimate of drug-likeness (QED) is 0.407. The van der Waals surface area contributed by atoms with Crippen molar-refractivity contribution in [2.45, 2.75) is 39.3 Å². The number of likely N-dealkylation sites (tertiary alicyclic amines) is 1. The highest BCUT2D eigenvalue weighted by Crippen LogP contribution is 2.22. The summed E-state index contributed by atoms with van der Waals surface area (Å²) in [6, 6.07) is 16.9. The predicted molar refractivity (Wildman–Crippen MR) is 126 cm³/mol. The van der Waals surface area contributed by atoms with Crippen LogP contribution >= 0.6 is 0 Å². The van der Waals surface area contributed by atoms with E-state index in [-0.39, 0.29) is 5.91 Å². The fourth-order valence-electron chi connectivity index (χ4n) is 4.30. The summed E-state index contributed by atoms with van der Waals surface area (Å²) in [5, 5.41) is 8.11. The lowest BCUT2D eigenvalue weighted by Crippen LogP contribution is -2.37. The van der Waals surface area contributed by atoms with Gasteiger partial charge in [-0.1, -0.05) is 42.5 Å². The van der Waals surface area contributed by atoms with Gasteiger partial charge >= 0.3 is 0 Å². The number of aliphatic imine (C=N–C) groups is 1. The van der Waals surface area contributed by atoms with Gasteiger partial charge in [0.25, 0.3) is 0 Å². The third-order valence-corrected chi connectivity index (χ3v) is 5.91. The number of hydrogen-bond acceptors (Lipinski definition) is 2. The van der Waals surface area contributed by atoms with Crippen LogP contribution in [0.3, 0.4) is 0 Å². The van der Waals surface area contributed by atoms with Crippen molar-refractivity contribution in [1.29, 1.82) is 0 Å². The second kappa shape index (κ2) is 9.69. The highest BCUT2D eigenvalue weighted by Gasteiger charge is 2.19. The molecule has 1 saturated heterocycles. The minimum Gasteiger partial charge on any atom is -0.358 e. The van der Waals surface area contributed by atoms with Crippen molar-refractivity contribution in [3.05, 3.63) is 70.9 Å². The molecule has 0 radical (unpaired) electrons. The summed E-state index contributed by atoms with van der Waals surface area (Å²) < 4.78 is 0. The van der Waals surface area contributed by atoms with Gasteiger partial charge in [-0.3, -0.25) is 9.79 Å². The first-order valence-electron chi connectivity index (χ1n) is 11.0. The average molecular weight is 418 g/mol. The summed E-state index contributed by atoms with van der Waals surface area (Å²) in [4.78, 5) is 21.6. The molecule has 1 aliphatic heterocycles. The Morgan fingerprint density at radius 3 is 2.77 bits per heavy atom. The van der Waals surface area contributed by atoms with Gasteiger partial charge in [0.1, 0.15) is 0 Å². The number of aromatic nitrogens is 1. The lowest BCUT2D eigenvalue weighted by Gasteiger charge is -2.16. The molecule has 1 fully saturated rings. The Hall–Kier alpha value is -3.28. The van der Waals surface area contributed by atoms with Crippen LogP contribution in [-0.2, 0) is 24.3 Å². The zero-order valence-electron chi connectivity index (χ0n) is 18.4. The third kappa shape index (κ3) is 5.08. The Morgan fingerprint density at radius 2 is 1.97 bits per heavy atom. The summed E-state index contributed by atoms with van der Waals surface area (Å²) in [6.07, 6.45) is 2.58. The smallest absolute Gasteiger partial charge is 0.222 e. The first-order chi connectivity index (χ1) is 15.1. The fourth-order valence-corrected chi connectivity index (χ4v) is 4.30. The number of aromatic amines is 1. The normalized spacial score (nSPS) is 14.5. The number of rotatable bonds is 7. The van der Waals surface area contributed by atoms with Gasteiger partial charge in [-0.05, 0) is 42.5 Å². The standard InChI is InChI=1S/C25H31N5O/c1-18-21(22-9-3-4-10-23(22)29-18)12-13-27-25(26-2)28-16-19-7-5-8-20(15-19)17-30-14-6-11-24(30)31/h3-5,7-10,15,29H,6,11-14,16-17H2,1-2H3,(H2,26,27,28). The van der Waals surface area contributed by atoms with E-state index in [1.54, 1.807) is 7.05 Å². The van der Waals surface area contributed by atoms with Crippen LogP contribution in [0.4, 0.5) is 0 Å². The number of nitrogens with one attached hydrogen (secondary N) is 3. The summed E-state index contributed by atoms with van der Waals surface area (Å²) in [6.45, 7) is 5.19. The van der Waals surface area contributed by atoms with Crippen molar-refractivity contribution in [2.75, 3.05) is 20.1 Å². The molecule has 162 valence electrons. The van der Waals surface area contributed by atoms with Crippen molar-refractivity contribution >= 4 is 22.8 Å². The van der Waals surface area contributed by atoms with Crippen molar-refractivity contribution in [1.82, 2.24) is 20.5 Å².